The molecule has 8 heteroatoms. The minimum absolute atomic E-state index is 0.0630. The Kier molecular flexibility index (Phi) is 5.36. The molecule has 0 aliphatic heterocycles. The first-order chi connectivity index (χ1) is 12.8. The molecule has 27 heavy (non-hydrogen) atoms. The molecule has 3 rings (SSSR count). The van der Waals surface area contributed by atoms with Gasteiger partial charge in [-0.05, 0) is 36.4 Å². The van der Waals surface area contributed by atoms with Gasteiger partial charge in [-0.15, -0.1) is 0 Å². The van der Waals surface area contributed by atoms with Crippen LogP contribution in [0.3, 0.4) is 0 Å². The van der Waals surface area contributed by atoms with E-state index in [0.717, 1.165) is 6.26 Å². The van der Waals surface area contributed by atoms with Gasteiger partial charge in [0.2, 0.25) is 5.91 Å². The number of hydrogen-bond donors (Lipinski definition) is 1. The van der Waals surface area contributed by atoms with E-state index in [1.807, 2.05) is 0 Å². The second-order valence-electron chi connectivity index (χ2n) is 5.94. The zero-order valence-electron chi connectivity index (χ0n) is 14.5. The molecule has 0 radical (unpaired) electrons. The van der Waals surface area contributed by atoms with Gasteiger partial charge in [0.05, 0.1) is 16.8 Å². The van der Waals surface area contributed by atoms with Gasteiger partial charge < -0.3 is 9.73 Å². The number of anilines is 1. The van der Waals surface area contributed by atoms with E-state index in [9.17, 15) is 17.6 Å². The first-order valence-corrected chi connectivity index (χ1v) is 10.0. The standard InChI is InChI=1S/C19H17FN2O4S/c1-27(24,25)17-5-3-2-4-15(17)22-18(23)10-11-19-21-12-16(26-19)13-6-8-14(20)9-7-13/h2-9,12H,10-11H2,1H3,(H,22,23). The molecule has 1 aromatic heterocycles. The molecule has 2 aromatic carbocycles. The van der Waals surface area contributed by atoms with Gasteiger partial charge in [0.1, 0.15) is 5.82 Å². The quantitative estimate of drug-likeness (QED) is 0.699. The number of oxazole rings is 1. The predicted molar refractivity (Wildman–Crippen MR) is 98.4 cm³/mol. The van der Waals surface area contributed by atoms with Crippen LogP contribution in [-0.4, -0.2) is 25.6 Å². The van der Waals surface area contributed by atoms with E-state index in [1.54, 1.807) is 24.3 Å². The summed E-state index contributed by atoms with van der Waals surface area (Å²) in [6.07, 6.45) is 2.91. The summed E-state index contributed by atoms with van der Waals surface area (Å²) in [4.78, 5) is 16.3. The molecule has 6 nitrogen and oxygen atoms in total. The number of nitrogens with zero attached hydrogens (tertiary/aromatic N) is 1. The number of amides is 1. The number of benzene rings is 2. The van der Waals surface area contributed by atoms with E-state index in [0.29, 0.717) is 17.2 Å². The second kappa shape index (κ2) is 7.71. The highest BCUT2D eigenvalue weighted by Crippen LogP contribution is 2.22. The fourth-order valence-corrected chi connectivity index (χ4v) is 3.34. The normalized spacial score (nSPS) is 11.3. The molecule has 0 aliphatic rings. The van der Waals surface area contributed by atoms with E-state index in [2.05, 4.69) is 10.3 Å². The van der Waals surface area contributed by atoms with Crippen LogP contribution < -0.4 is 5.32 Å². The molecule has 1 N–H and O–H groups in total. The van der Waals surface area contributed by atoms with Crippen LogP contribution in [0.15, 0.2) is 64.0 Å². The lowest BCUT2D eigenvalue weighted by Crippen LogP contribution is -2.15. The third-order valence-corrected chi connectivity index (χ3v) is 4.96. The van der Waals surface area contributed by atoms with E-state index in [4.69, 9.17) is 4.42 Å². The van der Waals surface area contributed by atoms with E-state index in [-0.39, 0.29) is 35.1 Å². The summed E-state index contributed by atoms with van der Waals surface area (Å²) >= 11 is 0. The van der Waals surface area contributed by atoms with Crippen molar-refractivity contribution < 1.29 is 22.0 Å². The van der Waals surface area contributed by atoms with Crippen LogP contribution in [0.4, 0.5) is 10.1 Å². The summed E-state index contributed by atoms with van der Waals surface area (Å²) in [7, 11) is -3.45. The SMILES string of the molecule is CS(=O)(=O)c1ccccc1NC(=O)CCc1ncc(-c2ccc(F)cc2)o1. The number of sulfone groups is 1. The Morgan fingerprint density at radius 3 is 2.56 bits per heavy atom. The molecule has 0 unspecified atom stereocenters. The fraction of sp³-hybridized carbons (Fsp3) is 0.158. The molecule has 0 aliphatic carbocycles. The van der Waals surface area contributed by atoms with Crippen molar-refractivity contribution in [3.8, 4) is 11.3 Å². The average Bonchev–Trinajstić information content (AvgIpc) is 3.09. The lowest BCUT2D eigenvalue weighted by Gasteiger charge is -2.09. The number of para-hydroxylation sites is 1. The van der Waals surface area contributed by atoms with Crippen molar-refractivity contribution >= 4 is 21.4 Å². The highest BCUT2D eigenvalue weighted by atomic mass is 32.2. The van der Waals surface area contributed by atoms with Gasteiger partial charge in [-0.25, -0.2) is 17.8 Å². The number of carbonyl (C=O) groups is 1. The summed E-state index contributed by atoms with van der Waals surface area (Å²) in [6.45, 7) is 0. The number of halogens is 1. The Morgan fingerprint density at radius 1 is 1.15 bits per heavy atom. The van der Waals surface area contributed by atoms with Gasteiger partial charge in [0.15, 0.2) is 21.5 Å². The van der Waals surface area contributed by atoms with Crippen molar-refractivity contribution in [3.63, 3.8) is 0 Å². The molecule has 0 atom stereocenters. The van der Waals surface area contributed by atoms with Crippen LogP contribution in [0.2, 0.25) is 0 Å². The predicted octanol–water partition coefficient (Wildman–Crippen LogP) is 3.46. The van der Waals surface area contributed by atoms with E-state index < -0.39 is 9.84 Å². The number of rotatable bonds is 6. The second-order valence-corrected chi connectivity index (χ2v) is 7.93. The molecule has 1 amide bonds. The van der Waals surface area contributed by atoms with Crippen LogP contribution in [0.25, 0.3) is 11.3 Å². The lowest BCUT2D eigenvalue weighted by atomic mass is 10.2. The zero-order chi connectivity index (χ0) is 19.4. The smallest absolute Gasteiger partial charge is 0.224 e. The van der Waals surface area contributed by atoms with Crippen LogP contribution in [0.1, 0.15) is 12.3 Å². The van der Waals surface area contributed by atoms with Crippen molar-refractivity contribution in [1.29, 1.82) is 0 Å². The monoisotopic (exact) mass is 388 g/mol. The maximum absolute atomic E-state index is 13.0. The lowest BCUT2D eigenvalue weighted by molar-refractivity contribution is -0.116. The summed E-state index contributed by atoms with van der Waals surface area (Å²) < 4.78 is 42.1. The van der Waals surface area contributed by atoms with Gasteiger partial charge in [-0.2, -0.15) is 0 Å². The van der Waals surface area contributed by atoms with Gasteiger partial charge in [0, 0.05) is 24.7 Å². The fourth-order valence-electron chi connectivity index (χ4n) is 2.50. The third-order valence-electron chi connectivity index (χ3n) is 3.81. The maximum Gasteiger partial charge on any atom is 0.224 e. The molecule has 0 fully saturated rings. The zero-order valence-corrected chi connectivity index (χ0v) is 15.3. The Labute approximate surface area is 156 Å². The summed E-state index contributed by atoms with van der Waals surface area (Å²) in [5, 5.41) is 2.60. The largest absolute Gasteiger partial charge is 0.441 e. The molecule has 0 saturated heterocycles. The molecule has 3 aromatic rings. The van der Waals surface area contributed by atoms with Crippen LogP contribution in [0.5, 0.6) is 0 Å². The molecular formula is C19H17FN2O4S. The van der Waals surface area contributed by atoms with Crippen LogP contribution >= 0.6 is 0 Å². The minimum atomic E-state index is -3.45. The van der Waals surface area contributed by atoms with Gasteiger partial charge in [0.25, 0.3) is 0 Å². The average molecular weight is 388 g/mol. The van der Waals surface area contributed by atoms with Gasteiger partial charge >= 0.3 is 0 Å². The molecular weight excluding hydrogens is 371 g/mol. The van der Waals surface area contributed by atoms with Crippen molar-refractivity contribution in [1.82, 2.24) is 4.98 Å². The molecule has 0 saturated carbocycles. The summed E-state index contributed by atoms with van der Waals surface area (Å²) in [6, 6.07) is 12.0. The van der Waals surface area contributed by atoms with Crippen molar-refractivity contribution in [2.75, 3.05) is 11.6 Å². The Bertz CT molecular complexity index is 1060. The Hall–Kier alpha value is -3.00. The third kappa shape index (κ3) is 4.79. The Morgan fingerprint density at radius 2 is 1.85 bits per heavy atom. The van der Waals surface area contributed by atoms with Gasteiger partial charge in [-0.3, -0.25) is 4.79 Å². The first-order valence-electron chi connectivity index (χ1n) is 8.12. The van der Waals surface area contributed by atoms with Crippen LogP contribution in [0, 0.1) is 5.82 Å². The number of aryl methyl sites for hydroxylation is 1. The number of nitrogens with one attached hydrogen (secondary N) is 1. The minimum Gasteiger partial charge on any atom is -0.441 e. The maximum atomic E-state index is 13.0. The van der Waals surface area contributed by atoms with E-state index in [1.165, 1.54) is 30.5 Å². The molecule has 0 bridgehead atoms. The topological polar surface area (TPSA) is 89.3 Å². The van der Waals surface area contributed by atoms with Gasteiger partial charge in [-0.1, -0.05) is 12.1 Å². The highest BCUT2D eigenvalue weighted by molar-refractivity contribution is 7.90. The van der Waals surface area contributed by atoms with E-state index >= 15 is 0 Å². The number of hydrogen-bond acceptors (Lipinski definition) is 5. The Balaban J connectivity index is 1.63. The summed E-state index contributed by atoms with van der Waals surface area (Å²) in [5.74, 6) is 0.144. The molecule has 140 valence electrons. The molecule has 1 heterocycles. The highest BCUT2D eigenvalue weighted by Gasteiger charge is 2.15. The van der Waals surface area contributed by atoms with Crippen molar-refractivity contribution in [2.24, 2.45) is 0 Å². The molecule has 0 spiro atoms. The number of aromatic nitrogens is 1. The number of carbonyl (C=O) groups excluding carboxylic acids is 1. The van der Waals surface area contributed by atoms with Crippen molar-refractivity contribution in [2.45, 2.75) is 17.7 Å². The van der Waals surface area contributed by atoms with Crippen LogP contribution in [-0.2, 0) is 21.1 Å². The van der Waals surface area contributed by atoms with Crippen molar-refractivity contribution in [3.05, 3.63) is 66.4 Å². The summed E-state index contributed by atoms with van der Waals surface area (Å²) in [5.41, 5.74) is 0.922. The first kappa shape index (κ1) is 18.8.